The lowest BCUT2D eigenvalue weighted by atomic mass is 10.3. The van der Waals surface area contributed by atoms with Crippen LogP contribution in [0.5, 0.6) is 0 Å². The van der Waals surface area contributed by atoms with Crippen LogP contribution in [0, 0.1) is 0 Å². The van der Waals surface area contributed by atoms with E-state index in [1.165, 1.54) is 0 Å². The number of nitrogens with two attached hydrogens (primary N) is 1. The highest BCUT2D eigenvalue weighted by Gasteiger charge is 2.17. The van der Waals surface area contributed by atoms with Crippen molar-refractivity contribution in [3.63, 3.8) is 0 Å². The first-order chi connectivity index (χ1) is 7.06. The molecular formula is C10H22N2O2S. The minimum atomic E-state index is -1.09. The minimum absolute atomic E-state index is 0.00881. The van der Waals surface area contributed by atoms with Gasteiger partial charge in [-0.3, -0.25) is 9.00 Å². The summed E-state index contributed by atoms with van der Waals surface area (Å²) >= 11 is 0. The van der Waals surface area contributed by atoms with Gasteiger partial charge in [0.25, 0.3) is 0 Å². The van der Waals surface area contributed by atoms with Crippen LogP contribution in [-0.2, 0) is 15.6 Å². The molecule has 0 aromatic rings. The lowest BCUT2D eigenvalue weighted by Crippen LogP contribution is -2.35. The average molecular weight is 234 g/mol. The minimum Gasteiger partial charge on any atom is -0.342 e. The number of amides is 1. The summed E-state index contributed by atoms with van der Waals surface area (Å²) in [6, 6.07) is 0. The molecule has 0 radical (unpaired) electrons. The molecule has 0 aromatic carbocycles. The van der Waals surface area contributed by atoms with E-state index >= 15 is 0 Å². The van der Waals surface area contributed by atoms with Gasteiger partial charge in [-0.05, 0) is 26.8 Å². The standard InChI is InChI=1S/C10H22N2O2S/c1-4-12(5-2)10(13)8-15(14)9(3)6-7-11/h9H,4-8,11H2,1-3H3. The number of rotatable bonds is 7. The fourth-order valence-corrected chi connectivity index (χ4v) is 2.41. The van der Waals surface area contributed by atoms with E-state index in [1.54, 1.807) is 4.90 Å². The second kappa shape index (κ2) is 7.82. The maximum atomic E-state index is 11.7. The molecular weight excluding hydrogens is 212 g/mol. The van der Waals surface area contributed by atoms with Gasteiger partial charge in [-0.25, -0.2) is 0 Å². The third-order valence-corrected chi connectivity index (χ3v) is 4.07. The van der Waals surface area contributed by atoms with Crippen LogP contribution in [0.3, 0.4) is 0 Å². The van der Waals surface area contributed by atoms with E-state index in [4.69, 9.17) is 5.73 Å². The average Bonchev–Trinajstić information content (AvgIpc) is 2.19. The Hall–Kier alpha value is -0.420. The molecule has 0 fully saturated rings. The van der Waals surface area contributed by atoms with E-state index in [2.05, 4.69) is 0 Å². The van der Waals surface area contributed by atoms with Crippen molar-refractivity contribution in [3.05, 3.63) is 0 Å². The molecule has 0 heterocycles. The monoisotopic (exact) mass is 234 g/mol. The van der Waals surface area contributed by atoms with Crippen molar-refractivity contribution >= 4 is 16.7 Å². The first-order valence-electron chi connectivity index (χ1n) is 5.41. The molecule has 2 unspecified atom stereocenters. The van der Waals surface area contributed by atoms with Crippen LogP contribution in [0.1, 0.15) is 27.2 Å². The van der Waals surface area contributed by atoms with Crippen LogP contribution >= 0.6 is 0 Å². The largest absolute Gasteiger partial charge is 0.342 e. The normalized spacial score (nSPS) is 14.7. The van der Waals surface area contributed by atoms with Crippen LogP contribution in [0.2, 0.25) is 0 Å². The molecule has 5 heteroatoms. The SMILES string of the molecule is CCN(CC)C(=O)CS(=O)C(C)CCN. The number of carbonyl (C=O) groups excluding carboxylic acids is 1. The Labute approximate surface area is 94.7 Å². The highest BCUT2D eigenvalue weighted by atomic mass is 32.2. The third-order valence-electron chi connectivity index (χ3n) is 2.40. The van der Waals surface area contributed by atoms with Gasteiger partial charge in [0.05, 0.1) is 0 Å². The summed E-state index contributed by atoms with van der Waals surface area (Å²) in [4.78, 5) is 13.3. The summed E-state index contributed by atoms with van der Waals surface area (Å²) in [5, 5.41) is 0.00881. The summed E-state index contributed by atoms with van der Waals surface area (Å²) in [7, 11) is -1.09. The van der Waals surface area contributed by atoms with Crippen molar-refractivity contribution in [1.82, 2.24) is 4.90 Å². The predicted octanol–water partition coefficient (Wildman–Crippen LogP) is 0.341. The predicted molar refractivity (Wildman–Crippen MR) is 64.1 cm³/mol. The molecule has 4 nitrogen and oxygen atoms in total. The quantitative estimate of drug-likeness (QED) is 0.691. The molecule has 0 saturated carbocycles. The van der Waals surface area contributed by atoms with Gasteiger partial charge in [-0.2, -0.15) is 0 Å². The third kappa shape index (κ3) is 5.28. The van der Waals surface area contributed by atoms with Gasteiger partial charge in [0.1, 0.15) is 5.75 Å². The summed E-state index contributed by atoms with van der Waals surface area (Å²) < 4.78 is 11.7. The zero-order chi connectivity index (χ0) is 11.8. The molecule has 0 aliphatic carbocycles. The molecule has 0 bridgehead atoms. The van der Waals surface area contributed by atoms with E-state index in [9.17, 15) is 9.00 Å². The van der Waals surface area contributed by atoms with Gasteiger partial charge in [-0.15, -0.1) is 0 Å². The Morgan fingerprint density at radius 3 is 2.33 bits per heavy atom. The van der Waals surface area contributed by atoms with Crippen molar-refractivity contribution in [2.75, 3.05) is 25.4 Å². The van der Waals surface area contributed by atoms with E-state index < -0.39 is 10.8 Å². The fraction of sp³-hybridized carbons (Fsp3) is 0.900. The summed E-state index contributed by atoms with van der Waals surface area (Å²) in [5.41, 5.74) is 5.38. The lowest BCUT2D eigenvalue weighted by molar-refractivity contribution is -0.128. The molecule has 0 aliphatic heterocycles. The molecule has 90 valence electrons. The highest BCUT2D eigenvalue weighted by molar-refractivity contribution is 7.86. The zero-order valence-electron chi connectivity index (χ0n) is 9.86. The van der Waals surface area contributed by atoms with E-state index in [0.717, 1.165) is 0 Å². The number of nitrogens with zero attached hydrogens (tertiary/aromatic N) is 1. The number of carbonyl (C=O) groups is 1. The fourth-order valence-electron chi connectivity index (χ4n) is 1.30. The molecule has 0 spiro atoms. The maximum absolute atomic E-state index is 11.7. The molecule has 0 rings (SSSR count). The van der Waals surface area contributed by atoms with E-state index in [-0.39, 0.29) is 16.9 Å². The first-order valence-corrected chi connectivity index (χ1v) is 6.79. The molecule has 1 amide bonds. The molecule has 0 aliphatic rings. The first kappa shape index (κ1) is 14.6. The second-order valence-electron chi connectivity index (χ2n) is 3.48. The lowest BCUT2D eigenvalue weighted by Gasteiger charge is -2.19. The zero-order valence-corrected chi connectivity index (χ0v) is 10.7. The van der Waals surface area contributed by atoms with Gasteiger partial charge >= 0.3 is 0 Å². The van der Waals surface area contributed by atoms with Crippen molar-refractivity contribution in [2.24, 2.45) is 5.73 Å². The summed E-state index contributed by atoms with van der Waals surface area (Å²) in [6.07, 6.45) is 0.706. The second-order valence-corrected chi connectivity index (χ2v) is 5.33. The van der Waals surface area contributed by atoms with Gasteiger partial charge in [0.2, 0.25) is 5.91 Å². The summed E-state index contributed by atoms with van der Waals surface area (Å²) in [6.45, 7) is 7.60. The van der Waals surface area contributed by atoms with Crippen molar-refractivity contribution in [1.29, 1.82) is 0 Å². The molecule has 15 heavy (non-hydrogen) atoms. The Kier molecular flexibility index (Phi) is 7.60. The van der Waals surface area contributed by atoms with Gasteiger partial charge < -0.3 is 10.6 Å². The van der Waals surface area contributed by atoms with Crippen LogP contribution < -0.4 is 5.73 Å². The summed E-state index contributed by atoms with van der Waals surface area (Å²) in [5.74, 6) is 0.102. The van der Waals surface area contributed by atoms with Gasteiger partial charge in [-0.1, -0.05) is 6.92 Å². The Morgan fingerprint density at radius 1 is 1.40 bits per heavy atom. The highest BCUT2D eigenvalue weighted by Crippen LogP contribution is 2.02. The molecule has 2 N–H and O–H groups in total. The Bertz CT molecular complexity index is 217. The van der Waals surface area contributed by atoms with Crippen molar-refractivity contribution in [3.8, 4) is 0 Å². The Morgan fingerprint density at radius 2 is 1.93 bits per heavy atom. The van der Waals surface area contributed by atoms with Crippen molar-refractivity contribution in [2.45, 2.75) is 32.4 Å². The van der Waals surface area contributed by atoms with E-state index in [0.29, 0.717) is 26.1 Å². The Balaban J connectivity index is 4.10. The molecule has 2 atom stereocenters. The number of hydrogen-bond donors (Lipinski definition) is 1. The number of hydrogen-bond acceptors (Lipinski definition) is 3. The van der Waals surface area contributed by atoms with Crippen LogP contribution in [0.4, 0.5) is 0 Å². The van der Waals surface area contributed by atoms with E-state index in [1.807, 2.05) is 20.8 Å². The van der Waals surface area contributed by atoms with Gasteiger partial charge in [0.15, 0.2) is 0 Å². The van der Waals surface area contributed by atoms with Crippen LogP contribution in [0.25, 0.3) is 0 Å². The maximum Gasteiger partial charge on any atom is 0.235 e. The molecule has 0 saturated heterocycles. The van der Waals surface area contributed by atoms with Gasteiger partial charge in [0, 0.05) is 29.1 Å². The van der Waals surface area contributed by atoms with Crippen LogP contribution in [-0.4, -0.2) is 45.7 Å². The molecule has 0 aromatic heterocycles. The topological polar surface area (TPSA) is 63.4 Å². The van der Waals surface area contributed by atoms with Crippen LogP contribution in [0.15, 0.2) is 0 Å². The van der Waals surface area contributed by atoms with Crippen molar-refractivity contribution < 1.29 is 9.00 Å². The smallest absolute Gasteiger partial charge is 0.235 e.